The lowest BCUT2D eigenvalue weighted by atomic mass is 9.79. The molecule has 0 bridgehead atoms. The summed E-state index contributed by atoms with van der Waals surface area (Å²) in [7, 11) is 1.61. The van der Waals surface area contributed by atoms with E-state index in [2.05, 4.69) is 51.3 Å². The largest absolute Gasteiger partial charge is 0.356 e. The Morgan fingerprint density at radius 1 is 0.880 bits per heavy atom. The number of anilines is 4. The van der Waals surface area contributed by atoms with Crippen molar-refractivity contribution in [2.24, 2.45) is 16.6 Å². The average Bonchev–Trinajstić information content (AvgIpc) is 4.03. The summed E-state index contributed by atoms with van der Waals surface area (Å²) < 4.78 is 43.5. The van der Waals surface area contributed by atoms with Crippen LogP contribution in [0.4, 0.5) is 36.2 Å². The lowest BCUT2D eigenvalue weighted by Gasteiger charge is -2.48. The Morgan fingerprint density at radius 3 is 2.31 bits per heavy atom. The molecule has 6 heterocycles. The van der Waals surface area contributed by atoms with E-state index in [0.717, 1.165) is 74.8 Å². The predicted octanol–water partition coefficient (Wildman–Crippen LogP) is 4.97. The zero-order chi connectivity index (χ0) is 53.6. The van der Waals surface area contributed by atoms with E-state index >= 15 is 0 Å². The highest BCUT2D eigenvalue weighted by molar-refractivity contribution is 7.99. The van der Waals surface area contributed by atoms with Gasteiger partial charge in [0.2, 0.25) is 23.6 Å². The monoisotopic (exact) mass is 1060 g/mol. The lowest BCUT2D eigenvalue weighted by Crippen LogP contribution is -2.59. The van der Waals surface area contributed by atoms with Gasteiger partial charge in [0.25, 0.3) is 5.91 Å². The van der Waals surface area contributed by atoms with Crippen LogP contribution in [-0.2, 0) is 19.2 Å². The molecule has 7 N–H and O–H groups in total. The third-order valence-corrected chi connectivity index (χ3v) is 15.5. The van der Waals surface area contributed by atoms with E-state index in [0.29, 0.717) is 35.9 Å². The summed E-state index contributed by atoms with van der Waals surface area (Å²) in [4.78, 5) is 90.0. The number of likely N-dealkylation sites (N-methyl/N-ethyl adjacent to an activating group) is 1. The number of alkyl halides is 1. The van der Waals surface area contributed by atoms with Crippen LogP contribution in [0.1, 0.15) is 76.6 Å². The van der Waals surface area contributed by atoms with Crippen LogP contribution in [0, 0.1) is 22.5 Å². The summed E-state index contributed by atoms with van der Waals surface area (Å²) in [6.45, 7) is 12.1. The molecule has 22 heteroatoms. The third-order valence-electron chi connectivity index (χ3n) is 14.5. The van der Waals surface area contributed by atoms with E-state index in [-0.39, 0.29) is 36.4 Å². The Labute approximate surface area is 439 Å². The van der Waals surface area contributed by atoms with Crippen molar-refractivity contribution in [2.45, 2.75) is 113 Å². The molecule has 1 spiro atoms. The summed E-state index contributed by atoms with van der Waals surface area (Å²) in [6.07, 6.45) is 7.29. The molecule has 402 valence electrons. The molecule has 5 amide bonds. The number of aromatic nitrogens is 3. The Bertz CT molecular complexity index is 2670. The van der Waals surface area contributed by atoms with E-state index in [1.54, 1.807) is 53.2 Å². The smallest absolute Gasteiger partial charge is 0.253 e. The van der Waals surface area contributed by atoms with E-state index in [4.69, 9.17) is 5.73 Å². The number of para-hydroxylation sites is 1. The highest BCUT2D eigenvalue weighted by atomic mass is 32.2. The predicted molar refractivity (Wildman–Crippen MR) is 281 cm³/mol. The van der Waals surface area contributed by atoms with Crippen LogP contribution >= 0.6 is 11.8 Å². The first-order valence-corrected chi connectivity index (χ1v) is 26.4. The average molecular weight is 1060 g/mol. The molecule has 4 saturated heterocycles. The van der Waals surface area contributed by atoms with Gasteiger partial charge in [0, 0.05) is 80.0 Å². The zero-order valence-electron chi connectivity index (χ0n) is 43.1. The van der Waals surface area contributed by atoms with Crippen LogP contribution in [0.2, 0.25) is 0 Å². The van der Waals surface area contributed by atoms with Crippen LogP contribution < -0.4 is 42.1 Å². The summed E-state index contributed by atoms with van der Waals surface area (Å²) in [6, 6.07) is 10.2. The number of benzene rings is 2. The molecule has 6 atom stereocenters. The number of halogens is 3. The number of nitrogens with two attached hydrogens (primary N) is 1. The van der Waals surface area contributed by atoms with Gasteiger partial charge in [-0.2, -0.15) is 0 Å². The molecular formula is C53H68F3N13O5S. The lowest BCUT2D eigenvalue weighted by molar-refractivity contribution is -0.143. The molecule has 0 aliphatic carbocycles. The maximum atomic E-state index is 14.7. The van der Waals surface area contributed by atoms with Crippen LogP contribution in [0.5, 0.6) is 0 Å². The fourth-order valence-electron chi connectivity index (χ4n) is 10.2. The molecule has 18 nitrogen and oxygen atoms in total. The molecule has 4 aliphatic heterocycles. The molecule has 4 aromatic rings. The number of unbranched alkanes of at least 4 members (excludes halogenated alkanes) is 1. The fourth-order valence-corrected chi connectivity index (χ4v) is 10.9. The minimum atomic E-state index is -1.24. The van der Waals surface area contributed by atoms with E-state index in [1.807, 2.05) is 35.2 Å². The van der Waals surface area contributed by atoms with Gasteiger partial charge in [-0.25, -0.2) is 28.1 Å². The summed E-state index contributed by atoms with van der Waals surface area (Å²) in [5.74, 6) is -2.99. The van der Waals surface area contributed by atoms with Gasteiger partial charge in [-0.3, -0.25) is 24.0 Å². The summed E-state index contributed by atoms with van der Waals surface area (Å²) in [5.41, 5.74) is 5.48. The number of piperidine rings is 1. The van der Waals surface area contributed by atoms with Gasteiger partial charge in [-0.05, 0) is 100 Å². The number of carbonyl (C=O) groups excluding carboxylic acids is 5. The number of hydrogen-bond donors (Lipinski definition) is 6. The summed E-state index contributed by atoms with van der Waals surface area (Å²) in [5, 5.41) is 14.6. The molecule has 0 radical (unpaired) electrons. The van der Waals surface area contributed by atoms with E-state index in [9.17, 15) is 37.1 Å². The molecule has 4 fully saturated rings. The number of pyridine rings is 1. The maximum Gasteiger partial charge on any atom is 0.253 e. The Kier molecular flexibility index (Phi) is 17.3. The SMILES string of the molecule is CN[C@H](C)C(=O)N[C@@H](C(=O)N1C[C@@H](NC(=O)c2ccc(N3CCC4(CN(CCCCC(=O)Nc5cccc(Sc6cnc(N7CCC(N)C(F)C7)cn6)c5)C4)C3)nc2)C[C@@H]1C(=O)Nc1c(F)cccc1F)C(C)(C)C. The number of carbonyl (C=O) groups is 5. The third kappa shape index (κ3) is 13.6. The minimum Gasteiger partial charge on any atom is -0.356 e. The van der Waals surface area contributed by atoms with Crippen molar-refractivity contribution in [1.29, 1.82) is 0 Å². The number of rotatable bonds is 18. The zero-order valence-corrected chi connectivity index (χ0v) is 43.9. The van der Waals surface area contributed by atoms with Gasteiger partial charge in [0.05, 0.1) is 30.5 Å². The number of hydrogen-bond acceptors (Lipinski definition) is 14. The van der Waals surface area contributed by atoms with Crippen molar-refractivity contribution in [3.8, 4) is 0 Å². The van der Waals surface area contributed by atoms with Gasteiger partial charge in [-0.15, -0.1) is 0 Å². The van der Waals surface area contributed by atoms with Crippen molar-refractivity contribution < 1.29 is 37.1 Å². The second-order valence-electron chi connectivity index (χ2n) is 21.4. The van der Waals surface area contributed by atoms with Gasteiger partial charge in [-0.1, -0.05) is 44.7 Å². The topological polar surface area (TPSA) is 223 Å². The molecule has 75 heavy (non-hydrogen) atoms. The molecule has 4 aliphatic rings. The van der Waals surface area contributed by atoms with Crippen LogP contribution in [0.25, 0.3) is 0 Å². The number of nitrogens with zero attached hydrogens (tertiary/aromatic N) is 7. The molecule has 0 saturated carbocycles. The van der Waals surface area contributed by atoms with Crippen molar-refractivity contribution in [3.63, 3.8) is 0 Å². The molecule has 2 aromatic heterocycles. The number of amides is 5. The van der Waals surface area contributed by atoms with Gasteiger partial charge in [0.15, 0.2) is 0 Å². The first-order chi connectivity index (χ1) is 35.8. The van der Waals surface area contributed by atoms with Gasteiger partial charge >= 0.3 is 0 Å². The Morgan fingerprint density at radius 2 is 1.63 bits per heavy atom. The summed E-state index contributed by atoms with van der Waals surface area (Å²) >= 11 is 1.43. The molecule has 2 unspecified atom stereocenters. The number of nitrogens with one attached hydrogen (secondary N) is 5. The van der Waals surface area contributed by atoms with E-state index < -0.39 is 82.7 Å². The van der Waals surface area contributed by atoms with Crippen LogP contribution in [0.15, 0.2) is 83.1 Å². The molecule has 8 rings (SSSR count). The first-order valence-electron chi connectivity index (χ1n) is 25.6. The maximum absolute atomic E-state index is 14.7. The van der Waals surface area contributed by atoms with Gasteiger partial charge < -0.3 is 51.9 Å². The quantitative estimate of drug-likeness (QED) is 0.0725. The van der Waals surface area contributed by atoms with Crippen molar-refractivity contribution in [2.75, 3.05) is 79.8 Å². The highest BCUT2D eigenvalue weighted by Gasteiger charge is 2.48. The van der Waals surface area contributed by atoms with Crippen molar-refractivity contribution in [1.82, 2.24) is 40.7 Å². The van der Waals surface area contributed by atoms with Gasteiger partial charge in [0.1, 0.15) is 52.2 Å². The molecular weight excluding hydrogens is 988 g/mol. The standard InChI is InChI=1S/C53H68F3N13O5S/c1-32(58-5)48(71)65-47(52(2,3)4)51(74)69-27-35(23-41(69)50(73)64-46-37(54)12-9-13-38(46)55)63-49(72)33-15-16-42(59-24-33)68-21-18-53(31-68)29-66(30-53)19-7-6-14-44(70)62-34-10-8-11-36(22-34)75-45-26-60-43(25-61-45)67-20-17-40(57)39(56)28-67/h8-13,15-16,22,24-26,32,35,39-41,47,58H,6-7,14,17-21,23,27-31,57H2,1-5H3,(H,62,70)(H,63,72)(H,64,73)(H,65,71)/t32-,35+,39?,40?,41-,47+/m1/s1. The van der Waals surface area contributed by atoms with Crippen molar-refractivity contribution >= 4 is 64.3 Å². The minimum absolute atomic E-state index is 0.0454. The first kappa shape index (κ1) is 54.9. The van der Waals surface area contributed by atoms with Crippen molar-refractivity contribution in [3.05, 3.63) is 90.4 Å². The Hall–Kier alpha value is -6.36. The normalized spacial score (nSPS) is 21.3. The number of likely N-dealkylation sites (tertiary alicyclic amines) is 2. The van der Waals surface area contributed by atoms with Crippen LogP contribution in [0.3, 0.4) is 0 Å². The van der Waals surface area contributed by atoms with Crippen LogP contribution in [-0.4, -0.2) is 150 Å². The Balaban J connectivity index is 0.778. The fraction of sp³-hybridized carbons (Fsp3) is 0.509. The van der Waals surface area contributed by atoms with E-state index in [1.165, 1.54) is 28.9 Å². The second kappa shape index (κ2) is 23.7. The second-order valence-corrected chi connectivity index (χ2v) is 22.5. The highest BCUT2D eigenvalue weighted by Crippen LogP contribution is 2.41. The molecule has 2 aromatic carbocycles.